The van der Waals surface area contributed by atoms with Crippen LogP contribution in [0.5, 0.6) is 23.0 Å². The van der Waals surface area contributed by atoms with Gasteiger partial charge in [0.25, 0.3) is 17.7 Å². The molecule has 5 aliphatic heterocycles. The lowest BCUT2D eigenvalue weighted by Gasteiger charge is -2.38. The van der Waals surface area contributed by atoms with Crippen LogP contribution in [0.15, 0.2) is 66.7 Å². The number of nitrogens with zero attached hydrogens (tertiary/aromatic N) is 1. The van der Waals surface area contributed by atoms with Gasteiger partial charge < -0.3 is 40.2 Å². The summed E-state index contributed by atoms with van der Waals surface area (Å²) < 4.78 is 23.2. The molecule has 1 saturated heterocycles. The number of piperidine rings is 1. The second kappa shape index (κ2) is 14.5. The van der Waals surface area contributed by atoms with E-state index in [1.165, 1.54) is 13.2 Å². The number of hydrogen-bond acceptors (Lipinski definition) is 8. The van der Waals surface area contributed by atoms with E-state index < -0.39 is 24.0 Å². The summed E-state index contributed by atoms with van der Waals surface area (Å²) in [6, 6.07) is 18.6. The smallest absolute Gasteiger partial charge is 0.260 e. The number of nitrogens with one attached hydrogen (secondary N) is 2. The summed E-state index contributed by atoms with van der Waals surface area (Å²) in [4.78, 5) is 52.1. The van der Waals surface area contributed by atoms with Gasteiger partial charge in [-0.3, -0.25) is 19.2 Å². The summed E-state index contributed by atoms with van der Waals surface area (Å²) in [5.41, 5.74) is 7.42. The molecule has 5 aliphatic rings. The predicted octanol–water partition coefficient (Wildman–Crippen LogP) is 1.98. The molecule has 0 unspecified atom stereocenters. The van der Waals surface area contributed by atoms with Gasteiger partial charge in [-0.2, -0.15) is 0 Å². The third kappa shape index (κ3) is 8.22. The normalized spacial score (nSPS) is 18.8. The Morgan fingerprint density at radius 1 is 0.978 bits per heavy atom. The van der Waals surface area contributed by atoms with Crippen molar-refractivity contribution < 1.29 is 38.1 Å². The van der Waals surface area contributed by atoms with Gasteiger partial charge in [0.05, 0.1) is 18.7 Å². The largest absolute Gasteiger partial charge is 0.493 e. The fourth-order valence-electron chi connectivity index (χ4n) is 5.25. The zero-order chi connectivity index (χ0) is 31.8. The first-order valence-corrected chi connectivity index (χ1v) is 14.7. The van der Waals surface area contributed by atoms with Gasteiger partial charge in [-0.25, -0.2) is 0 Å². The summed E-state index contributed by atoms with van der Waals surface area (Å²) in [5.74, 6) is 0.192. The highest BCUT2D eigenvalue weighted by molar-refractivity contribution is 5.95. The van der Waals surface area contributed by atoms with E-state index in [1.54, 1.807) is 35.2 Å². The summed E-state index contributed by atoms with van der Waals surface area (Å²) in [5, 5.41) is 5.92. The number of ether oxygens (including phenoxy) is 4. The van der Waals surface area contributed by atoms with Crippen molar-refractivity contribution in [1.82, 2.24) is 15.5 Å². The number of primary amides is 1. The maximum absolute atomic E-state index is 13.2. The Hall–Kier alpha value is -5.26. The van der Waals surface area contributed by atoms with Crippen LogP contribution in [0.2, 0.25) is 0 Å². The molecule has 4 amide bonds. The lowest BCUT2D eigenvalue weighted by atomic mass is 10.0. The minimum absolute atomic E-state index is 0.0766. The first kappa shape index (κ1) is 31.2. The van der Waals surface area contributed by atoms with Gasteiger partial charge in [0.1, 0.15) is 17.6 Å². The number of nitrogens with two attached hydrogens (primary N) is 1. The molecule has 0 aliphatic carbocycles. The molecular weight excluding hydrogens is 580 g/mol. The number of rotatable bonds is 5. The first-order chi connectivity index (χ1) is 21.8. The van der Waals surface area contributed by atoms with Crippen LogP contribution in [-0.4, -0.2) is 74.1 Å². The number of aryl methyl sites for hydroxylation is 1. The molecule has 2 atom stereocenters. The molecule has 4 bridgehead atoms. The van der Waals surface area contributed by atoms with Crippen LogP contribution in [-0.2, 0) is 27.3 Å². The lowest BCUT2D eigenvalue weighted by molar-refractivity contribution is -0.137. The maximum atomic E-state index is 13.2. The number of hydrogen-bond donors (Lipinski definition) is 3. The van der Waals surface area contributed by atoms with E-state index in [0.717, 1.165) is 11.1 Å². The number of carbonyl (C=O) groups excluding carboxylic acids is 4. The Bertz CT molecular complexity index is 1540. The zero-order valence-electron chi connectivity index (χ0n) is 25.0. The second-order valence-electron chi connectivity index (χ2n) is 10.8. The van der Waals surface area contributed by atoms with Crippen molar-refractivity contribution in [3.05, 3.63) is 83.4 Å². The highest BCUT2D eigenvalue weighted by Gasteiger charge is 2.34. The fraction of sp³-hybridized carbons (Fsp3) is 0.333. The molecule has 3 aromatic carbocycles. The van der Waals surface area contributed by atoms with Crippen LogP contribution >= 0.6 is 0 Å². The molecular formula is C33H36N4O8. The van der Waals surface area contributed by atoms with E-state index in [9.17, 15) is 19.2 Å². The van der Waals surface area contributed by atoms with Crippen LogP contribution in [0.25, 0.3) is 0 Å². The third-order valence-electron chi connectivity index (χ3n) is 7.68. The number of para-hydroxylation sites is 1. The molecule has 12 heteroatoms. The topological polar surface area (TPSA) is 159 Å². The van der Waals surface area contributed by atoms with Gasteiger partial charge in [0, 0.05) is 32.5 Å². The Morgan fingerprint density at radius 3 is 2.53 bits per heavy atom. The van der Waals surface area contributed by atoms with Gasteiger partial charge >= 0.3 is 0 Å². The van der Waals surface area contributed by atoms with Crippen molar-refractivity contribution in [3.63, 3.8) is 0 Å². The minimum atomic E-state index is -0.657. The van der Waals surface area contributed by atoms with Crippen molar-refractivity contribution in [1.29, 1.82) is 0 Å². The number of benzene rings is 3. The van der Waals surface area contributed by atoms with Gasteiger partial charge in [-0.15, -0.1) is 0 Å². The molecule has 1 fully saturated rings. The van der Waals surface area contributed by atoms with E-state index >= 15 is 0 Å². The quantitative estimate of drug-likeness (QED) is 0.393. The van der Waals surface area contributed by atoms with Crippen molar-refractivity contribution in [3.8, 4) is 23.0 Å². The van der Waals surface area contributed by atoms with E-state index in [1.807, 2.05) is 30.3 Å². The van der Waals surface area contributed by atoms with Crippen LogP contribution in [0.4, 0.5) is 0 Å². The Labute approximate surface area is 260 Å². The average molecular weight is 617 g/mol. The van der Waals surface area contributed by atoms with Gasteiger partial charge in [0.2, 0.25) is 5.91 Å². The second-order valence-corrected chi connectivity index (χ2v) is 10.8. The van der Waals surface area contributed by atoms with Crippen molar-refractivity contribution >= 4 is 23.6 Å². The Morgan fingerprint density at radius 2 is 1.76 bits per heavy atom. The van der Waals surface area contributed by atoms with Crippen LogP contribution in [0.1, 0.15) is 34.3 Å². The van der Waals surface area contributed by atoms with Crippen molar-refractivity contribution in [2.45, 2.75) is 38.0 Å². The molecule has 4 N–H and O–H groups in total. The molecule has 0 saturated carbocycles. The first-order valence-electron chi connectivity index (χ1n) is 14.7. The number of amides is 4. The summed E-state index contributed by atoms with van der Waals surface area (Å²) in [6.45, 7) is 0.295. The third-order valence-corrected chi connectivity index (χ3v) is 7.68. The van der Waals surface area contributed by atoms with Crippen LogP contribution in [0, 0.1) is 0 Å². The van der Waals surface area contributed by atoms with Crippen molar-refractivity contribution in [2.75, 3.05) is 33.4 Å². The molecule has 0 aromatic heterocycles. The molecule has 3 aromatic rings. The van der Waals surface area contributed by atoms with Gasteiger partial charge in [-0.1, -0.05) is 30.3 Å². The van der Waals surface area contributed by atoms with E-state index in [2.05, 4.69) is 10.6 Å². The Kier molecular flexibility index (Phi) is 10.0. The molecule has 236 valence electrons. The molecule has 8 rings (SSSR count). The van der Waals surface area contributed by atoms with Crippen LogP contribution < -0.4 is 35.3 Å². The molecule has 0 spiro atoms. The fourth-order valence-corrected chi connectivity index (χ4v) is 5.25. The summed E-state index contributed by atoms with van der Waals surface area (Å²) in [7, 11) is 1.51. The standard InChI is InChI=1S/C33H36N4O8/c1-42-29-16-21-8-12-28(29)43-19-31(39)36-25-18-37(32(40)20-44-26-5-3-2-4-24(26)33(34)41)15-14-27(25)45-23-10-6-22(7-11-23)17-35-30(38)13-9-21/h2-8,10-12,16,25,27H,9,13-15,17-20H2,1H3,(H2,34,41)(H,35,38)(H,36,39)/t25-,27-/m1/s1. The summed E-state index contributed by atoms with van der Waals surface area (Å²) in [6.07, 6.45) is 0.807. The van der Waals surface area contributed by atoms with Crippen molar-refractivity contribution in [2.24, 2.45) is 5.73 Å². The van der Waals surface area contributed by atoms with Crippen LogP contribution in [0.3, 0.4) is 0 Å². The Balaban J connectivity index is 1.32. The number of methoxy groups -OCH3 is 1. The predicted molar refractivity (Wildman–Crippen MR) is 163 cm³/mol. The van der Waals surface area contributed by atoms with E-state index in [-0.39, 0.29) is 42.9 Å². The van der Waals surface area contributed by atoms with Gasteiger partial charge in [-0.05, 0) is 53.9 Å². The van der Waals surface area contributed by atoms with E-state index in [0.29, 0.717) is 49.6 Å². The maximum Gasteiger partial charge on any atom is 0.260 e. The minimum Gasteiger partial charge on any atom is -0.493 e. The highest BCUT2D eigenvalue weighted by Crippen LogP contribution is 2.29. The number of likely N-dealkylation sites (tertiary alicyclic amines) is 1. The summed E-state index contributed by atoms with van der Waals surface area (Å²) >= 11 is 0. The van der Waals surface area contributed by atoms with Gasteiger partial charge in [0.15, 0.2) is 24.7 Å². The highest BCUT2D eigenvalue weighted by atomic mass is 16.5. The monoisotopic (exact) mass is 616 g/mol. The lowest BCUT2D eigenvalue weighted by Crippen LogP contribution is -2.59. The average Bonchev–Trinajstić information content (AvgIpc) is 3.05. The van der Waals surface area contributed by atoms with E-state index in [4.69, 9.17) is 24.7 Å². The molecule has 45 heavy (non-hydrogen) atoms. The molecule has 0 radical (unpaired) electrons. The molecule has 5 heterocycles. The SMILES string of the molecule is COc1cc2ccc1OCC(=O)N[C@@H]1CN(C(=O)COc3ccccc3C(N)=O)CC[C@H]1Oc1ccc(cc1)CNC(=O)CC2. The zero-order valence-corrected chi connectivity index (χ0v) is 25.0. The number of carbonyl (C=O) groups is 4. The molecule has 12 nitrogen and oxygen atoms in total.